The number of aromatic amines is 1. The van der Waals surface area contributed by atoms with Crippen molar-refractivity contribution in [1.82, 2.24) is 15.3 Å². The molecule has 2 heterocycles. The molecule has 0 spiro atoms. The zero-order valence-corrected chi connectivity index (χ0v) is 9.82. The van der Waals surface area contributed by atoms with Crippen LogP contribution < -0.4 is 20.9 Å². The van der Waals surface area contributed by atoms with Crippen LogP contribution in [0.2, 0.25) is 0 Å². The lowest BCUT2D eigenvalue weighted by Crippen LogP contribution is -2.34. The van der Waals surface area contributed by atoms with Crippen LogP contribution in [0, 0.1) is 0 Å². The van der Waals surface area contributed by atoms with Gasteiger partial charge in [-0.1, -0.05) is 0 Å². The van der Waals surface area contributed by atoms with E-state index in [1.54, 1.807) is 7.11 Å². The van der Waals surface area contributed by atoms with Crippen molar-refractivity contribution in [2.75, 3.05) is 32.6 Å². The largest absolute Gasteiger partial charge is 0.489 e. The van der Waals surface area contributed by atoms with Crippen LogP contribution in [0.5, 0.6) is 5.75 Å². The summed E-state index contributed by atoms with van der Waals surface area (Å²) in [7, 11) is 3.10. The minimum atomic E-state index is -0.301. The van der Waals surface area contributed by atoms with Gasteiger partial charge in [-0.25, -0.2) is 4.98 Å². The minimum Gasteiger partial charge on any atom is -0.489 e. The van der Waals surface area contributed by atoms with E-state index in [1.807, 2.05) is 0 Å². The number of methoxy groups -OCH3 is 2. The first-order valence-corrected chi connectivity index (χ1v) is 5.38. The summed E-state index contributed by atoms with van der Waals surface area (Å²) in [6.45, 7) is 1.54. The van der Waals surface area contributed by atoms with Crippen molar-refractivity contribution in [2.24, 2.45) is 0 Å². The molecule has 1 aromatic rings. The van der Waals surface area contributed by atoms with E-state index < -0.39 is 0 Å². The first kappa shape index (κ1) is 11.9. The molecule has 1 aliphatic rings. The predicted molar refractivity (Wildman–Crippen MR) is 62.5 cm³/mol. The summed E-state index contributed by atoms with van der Waals surface area (Å²) in [6.07, 6.45) is 1.40. The highest BCUT2D eigenvalue weighted by molar-refractivity contribution is 5.49. The van der Waals surface area contributed by atoms with Gasteiger partial charge in [0.1, 0.15) is 0 Å². The van der Waals surface area contributed by atoms with Gasteiger partial charge in [-0.15, -0.1) is 0 Å². The Labute approximate surface area is 98.5 Å². The van der Waals surface area contributed by atoms with Crippen molar-refractivity contribution in [3.8, 4) is 5.75 Å². The summed E-state index contributed by atoms with van der Waals surface area (Å²) in [5.41, 5.74) is -0.301. The van der Waals surface area contributed by atoms with Gasteiger partial charge in [0.15, 0.2) is 5.82 Å². The summed E-state index contributed by atoms with van der Waals surface area (Å²) in [4.78, 5) is 18.0. The Kier molecular flexibility index (Phi) is 3.60. The zero-order chi connectivity index (χ0) is 12.3. The topological polar surface area (TPSA) is 88.3 Å². The third-order valence-corrected chi connectivity index (χ3v) is 2.80. The average Bonchev–Trinajstić information content (AvgIpc) is 2.77. The Morgan fingerprint density at radius 1 is 1.47 bits per heavy atom. The smallest absolute Gasteiger partial charge is 0.295 e. The van der Waals surface area contributed by atoms with E-state index in [4.69, 9.17) is 9.47 Å². The molecule has 2 atom stereocenters. The number of rotatable bonds is 4. The number of hydrogen-bond acceptors (Lipinski definition) is 6. The van der Waals surface area contributed by atoms with Crippen LogP contribution in [0.3, 0.4) is 0 Å². The Morgan fingerprint density at radius 2 is 2.29 bits per heavy atom. The molecular weight excluding hydrogens is 224 g/mol. The molecule has 1 saturated heterocycles. The highest BCUT2D eigenvalue weighted by Crippen LogP contribution is 2.18. The van der Waals surface area contributed by atoms with Crippen molar-refractivity contribution < 1.29 is 9.47 Å². The predicted octanol–water partition coefficient (Wildman–Crippen LogP) is -0.823. The van der Waals surface area contributed by atoms with Gasteiger partial charge in [0.2, 0.25) is 5.75 Å². The number of aromatic nitrogens is 2. The molecule has 1 unspecified atom stereocenters. The zero-order valence-electron chi connectivity index (χ0n) is 9.82. The van der Waals surface area contributed by atoms with E-state index in [1.165, 1.54) is 13.4 Å². The molecule has 17 heavy (non-hydrogen) atoms. The number of nitrogens with one attached hydrogen (secondary N) is 3. The maximum atomic E-state index is 11.5. The fourth-order valence-electron chi connectivity index (χ4n) is 1.90. The van der Waals surface area contributed by atoms with Gasteiger partial charge in [-0.05, 0) is 0 Å². The second-order valence-corrected chi connectivity index (χ2v) is 3.80. The molecule has 7 heteroatoms. The molecular formula is C10H16N4O3. The van der Waals surface area contributed by atoms with Gasteiger partial charge >= 0.3 is 0 Å². The van der Waals surface area contributed by atoms with Crippen molar-refractivity contribution in [3.05, 3.63) is 16.7 Å². The maximum Gasteiger partial charge on any atom is 0.295 e. The molecule has 0 saturated carbocycles. The number of hydrogen-bond donors (Lipinski definition) is 3. The fourth-order valence-corrected chi connectivity index (χ4v) is 1.90. The van der Waals surface area contributed by atoms with Crippen LogP contribution >= 0.6 is 0 Å². The van der Waals surface area contributed by atoms with Crippen LogP contribution in [0.25, 0.3) is 0 Å². The molecule has 1 fully saturated rings. The third kappa shape index (κ3) is 2.40. The lowest BCUT2D eigenvalue weighted by atomic mass is 10.2. The van der Waals surface area contributed by atoms with E-state index in [9.17, 15) is 4.79 Å². The Bertz CT molecular complexity index is 434. The van der Waals surface area contributed by atoms with Crippen molar-refractivity contribution in [1.29, 1.82) is 0 Å². The van der Waals surface area contributed by atoms with E-state index in [0.717, 1.165) is 13.1 Å². The average molecular weight is 240 g/mol. The number of ether oxygens (including phenoxy) is 2. The molecule has 0 aromatic carbocycles. The molecule has 2 rings (SSSR count). The molecule has 0 aliphatic carbocycles. The Morgan fingerprint density at radius 3 is 3.00 bits per heavy atom. The summed E-state index contributed by atoms with van der Waals surface area (Å²) >= 11 is 0. The molecule has 7 nitrogen and oxygen atoms in total. The summed E-state index contributed by atoms with van der Waals surface area (Å²) in [5.74, 6) is 0.626. The molecule has 0 bridgehead atoms. The summed E-state index contributed by atoms with van der Waals surface area (Å²) in [6, 6.07) is 0.0724. The molecule has 1 aliphatic heterocycles. The molecule has 0 amide bonds. The van der Waals surface area contributed by atoms with Crippen molar-refractivity contribution in [3.63, 3.8) is 0 Å². The Balaban J connectivity index is 2.18. The second kappa shape index (κ2) is 5.15. The normalized spacial score (nSPS) is 23.6. The van der Waals surface area contributed by atoms with Gasteiger partial charge in [0, 0.05) is 20.2 Å². The number of H-pyrrole nitrogens is 1. The quantitative estimate of drug-likeness (QED) is 0.637. The van der Waals surface area contributed by atoms with Crippen molar-refractivity contribution in [2.45, 2.75) is 12.1 Å². The molecule has 0 radical (unpaired) electrons. The van der Waals surface area contributed by atoms with E-state index >= 15 is 0 Å². The van der Waals surface area contributed by atoms with E-state index in [-0.39, 0.29) is 23.5 Å². The highest BCUT2D eigenvalue weighted by atomic mass is 16.5. The summed E-state index contributed by atoms with van der Waals surface area (Å²) in [5, 5.41) is 6.36. The third-order valence-electron chi connectivity index (χ3n) is 2.80. The first-order chi connectivity index (χ1) is 8.26. The first-order valence-electron chi connectivity index (χ1n) is 5.38. The molecule has 94 valence electrons. The van der Waals surface area contributed by atoms with Gasteiger partial charge in [0.05, 0.1) is 25.6 Å². The fraction of sp³-hybridized carbons (Fsp3) is 0.600. The van der Waals surface area contributed by atoms with E-state index in [2.05, 4.69) is 20.6 Å². The highest BCUT2D eigenvalue weighted by Gasteiger charge is 2.28. The van der Waals surface area contributed by atoms with Crippen LogP contribution in [-0.2, 0) is 4.74 Å². The standard InChI is InChI=1S/C10H16N4O3/c1-16-7-4-11-3-6(7)14-9-8(17-2)10(15)13-5-12-9/h5-7,11H,3-4H2,1-2H3,(H2,12,13,14,15)/t6?,7-/m0/s1. The second-order valence-electron chi connectivity index (χ2n) is 3.80. The van der Waals surface area contributed by atoms with Gasteiger partial charge < -0.3 is 25.1 Å². The lowest BCUT2D eigenvalue weighted by molar-refractivity contribution is 0.111. The number of anilines is 1. The summed E-state index contributed by atoms with van der Waals surface area (Å²) < 4.78 is 10.3. The van der Waals surface area contributed by atoms with Crippen molar-refractivity contribution >= 4 is 5.82 Å². The van der Waals surface area contributed by atoms with Crippen LogP contribution in [-0.4, -0.2) is 49.4 Å². The van der Waals surface area contributed by atoms with E-state index in [0.29, 0.717) is 5.82 Å². The lowest BCUT2D eigenvalue weighted by Gasteiger charge is -2.19. The molecule has 3 N–H and O–H groups in total. The van der Waals surface area contributed by atoms with Gasteiger partial charge in [-0.2, -0.15) is 0 Å². The monoisotopic (exact) mass is 240 g/mol. The SMILES string of the molecule is COc1c(NC2CNC[C@@H]2OC)nc[nH]c1=O. The van der Waals surface area contributed by atoms with Crippen LogP contribution in [0.15, 0.2) is 11.1 Å². The number of nitrogens with zero attached hydrogens (tertiary/aromatic N) is 1. The van der Waals surface area contributed by atoms with Crippen LogP contribution in [0.4, 0.5) is 5.82 Å². The Hall–Kier alpha value is -1.60. The van der Waals surface area contributed by atoms with Crippen LogP contribution in [0.1, 0.15) is 0 Å². The maximum absolute atomic E-state index is 11.5. The molecule has 1 aromatic heterocycles. The minimum absolute atomic E-state index is 0.0563. The van der Waals surface area contributed by atoms with Gasteiger partial charge in [-0.3, -0.25) is 4.79 Å². The van der Waals surface area contributed by atoms with Gasteiger partial charge in [0.25, 0.3) is 5.56 Å².